The summed E-state index contributed by atoms with van der Waals surface area (Å²) >= 11 is 0. The lowest BCUT2D eigenvalue weighted by molar-refractivity contribution is 0.533. The molecule has 0 atom stereocenters. The predicted molar refractivity (Wildman–Crippen MR) is 53.2 cm³/mol. The number of nitrogens with zero attached hydrogens (tertiary/aromatic N) is 3. The molecule has 1 rings (SSSR count). The van der Waals surface area contributed by atoms with Crippen LogP contribution in [0.3, 0.4) is 0 Å². The lowest BCUT2D eigenvalue weighted by atomic mass is 10.3. The molecule has 0 fully saturated rings. The molecule has 0 bridgehead atoms. The van der Waals surface area contributed by atoms with Gasteiger partial charge in [0.15, 0.2) is 0 Å². The molecule has 0 aliphatic carbocycles. The zero-order valence-electron chi connectivity index (χ0n) is 8.61. The quantitative estimate of drug-likeness (QED) is 0.682. The summed E-state index contributed by atoms with van der Waals surface area (Å²) in [6, 6.07) is 2.05. The van der Waals surface area contributed by atoms with Crippen LogP contribution in [0, 0.1) is 11.3 Å². The summed E-state index contributed by atoms with van der Waals surface area (Å²) in [6.07, 6.45) is 4.08. The largest absolute Gasteiger partial charge is 0.444 e. The van der Waals surface area contributed by atoms with Crippen LogP contribution in [0.1, 0.15) is 18.5 Å². The highest BCUT2D eigenvalue weighted by Crippen LogP contribution is 2.13. The molecular weight excluding hydrogens is 178 g/mol. The van der Waals surface area contributed by atoms with Gasteiger partial charge in [-0.25, -0.2) is 4.98 Å². The highest BCUT2D eigenvalue weighted by atomic mass is 16.3. The average molecular weight is 191 g/mol. The number of allylic oxidation sites excluding steroid dienone is 1. The number of aryl methyl sites for hydroxylation is 1. The Balaban J connectivity index is 2.97. The van der Waals surface area contributed by atoms with Crippen molar-refractivity contribution >= 4 is 5.57 Å². The lowest BCUT2D eigenvalue weighted by Crippen LogP contribution is -2.02. The molecule has 0 unspecified atom stereocenters. The third kappa shape index (κ3) is 2.36. The maximum atomic E-state index is 8.87. The first kappa shape index (κ1) is 10.3. The molecule has 74 valence electrons. The molecule has 0 saturated heterocycles. The van der Waals surface area contributed by atoms with Crippen molar-refractivity contribution in [3.63, 3.8) is 0 Å². The Morgan fingerprint density at radius 2 is 2.43 bits per heavy atom. The van der Waals surface area contributed by atoms with Crippen LogP contribution in [-0.4, -0.2) is 24.0 Å². The number of nitriles is 1. The zero-order chi connectivity index (χ0) is 10.6. The van der Waals surface area contributed by atoms with E-state index < -0.39 is 0 Å². The Morgan fingerprint density at radius 3 is 2.86 bits per heavy atom. The van der Waals surface area contributed by atoms with Crippen LogP contribution in [0.2, 0.25) is 0 Å². The van der Waals surface area contributed by atoms with Gasteiger partial charge in [-0.1, -0.05) is 6.92 Å². The van der Waals surface area contributed by atoms with E-state index in [-0.39, 0.29) is 0 Å². The van der Waals surface area contributed by atoms with Crippen LogP contribution in [0.25, 0.3) is 5.57 Å². The van der Waals surface area contributed by atoms with Gasteiger partial charge in [0.1, 0.15) is 17.9 Å². The van der Waals surface area contributed by atoms with Gasteiger partial charge < -0.3 is 9.32 Å². The van der Waals surface area contributed by atoms with Gasteiger partial charge in [-0.05, 0) is 6.42 Å². The van der Waals surface area contributed by atoms with Crippen molar-refractivity contribution in [2.75, 3.05) is 14.1 Å². The van der Waals surface area contributed by atoms with Crippen LogP contribution in [0.4, 0.5) is 0 Å². The minimum absolute atomic E-state index is 0.387. The third-order valence-corrected chi connectivity index (χ3v) is 1.65. The highest BCUT2D eigenvalue weighted by molar-refractivity contribution is 5.71. The average Bonchev–Trinajstić information content (AvgIpc) is 2.62. The SMILES string of the molecule is CCc1coc(/C(C#N)=C/N(C)C)n1. The minimum atomic E-state index is 0.387. The summed E-state index contributed by atoms with van der Waals surface area (Å²) in [7, 11) is 3.70. The lowest BCUT2D eigenvalue weighted by Gasteiger charge is -2.03. The molecule has 0 spiro atoms. The first-order valence-corrected chi connectivity index (χ1v) is 4.40. The molecule has 0 aliphatic heterocycles. The van der Waals surface area contributed by atoms with Gasteiger partial charge >= 0.3 is 0 Å². The molecule has 0 N–H and O–H groups in total. The van der Waals surface area contributed by atoms with Crippen LogP contribution >= 0.6 is 0 Å². The molecule has 0 amide bonds. The van der Waals surface area contributed by atoms with Crippen molar-refractivity contribution in [1.82, 2.24) is 9.88 Å². The topological polar surface area (TPSA) is 53.1 Å². The number of rotatable bonds is 3. The Hall–Kier alpha value is -1.76. The highest BCUT2D eigenvalue weighted by Gasteiger charge is 2.08. The summed E-state index contributed by atoms with van der Waals surface area (Å²) in [5, 5.41) is 8.87. The monoisotopic (exact) mass is 191 g/mol. The Morgan fingerprint density at radius 1 is 1.71 bits per heavy atom. The Labute approximate surface area is 83.5 Å². The van der Waals surface area contributed by atoms with Gasteiger partial charge in [-0.3, -0.25) is 0 Å². The van der Waals surface area contributed by atoms with E-state index in [4.69, 9.17) is 9.68 Å². The zero-order valence-corrected chi connectivity index (χ0v) is 8.61. The summed E-state index contributed by atoms with van der Waals surface area (Å²) in [5.74, 6) is 0.387. The van der Waals surface area contributed by atoms with E-state index in [0.29, 0.717) is 11.5 Å². The summed E-state index contributed by atoms with van der Waals surface area (Å²) in [5.41, 5.74) is 1.30. The smallest absolute Gasteiger partial charge is 0.238 e. The summed E-state index contributed by atoms with van der Waals surface area (Å²) < 4.78 is 5.18. The van der Waals surface area contributed by atoms with Crippen LogP contribution in [0.15, 0.2) is 16.9 Å². The predicted octanol–water partition coefficient (Wildman–Crippen LogP) is 1.66. The molecule has 0 radical (unpaired) electrons. The number of aromatic nitrogens is 1. The second-order valence-electron chi connectivity index (χ2n) is 3.12. The molecule has 1 heterocycles. The maximum absolute atomic E-state index is 8.87. The third-order valence-electron chi connectivity index (χ3n) is 1.65. The summed E-state index contributed by atoms with van der Waals surface area (Å²) in [4.78, 5) is 5.95. The first-order chi connectivity index (χ1) is 6.67. The molecule has 0 saturated carbocycles. The van der Waals surface area contributed by atoms with Crippen molar-refractivity contribution in [3.8, 4) is 6.07 Å². The fraction of sp³-hybridized carbons (Fsp3) is 0.400. The van der Waals surface area contributed by atoms with E-state index in [1.807, 2.05) is 21.0 Å². The molecule has 1 aromatic rings. The molecule has 0 aromatic carbocycles. The van der Waals surface area contributed by atoms with Crippen molar-refractivity contribution in [2.45, 2.75) is 13.3 Å². The standard InChI is InChI=1S/C10H13N3O/c1-4-9-7-14-10(12-9)8(5-11)6-13(2)3/h6-7H,4H2,1-3H3/b8-6+. The normalized spacial score (nSPS) is 11.1. The molecule has 4 heteroatoms. The first-order valence-electron chi connectivity index (χ1n) is 4.40. The Kier molecular flexibility index (Phi) is 3.29. The van der Waals surface area contributed by atoms with E-state index in [2.05, 4.69) is 11.1 Å². The van der Waals surface area contributed by atoms with Gasteiger partial charge in [0.05, 0.1) is 5.69 Å². The van der Waals surface area contributed by atoms with Gasteiger partial charge in [-0.15, -0.1) is 0 Å². The molecule has 0 aliphatic rings. The van der Waals surface area contributed by atoms with Crippen LogP contribution in [-0.2, 0) is 6.42 Å². The number of oxazole rings is 1. The van der Waals surface area contributed by atoms with E-state index >= 15 is 0 Å². The van der Waals surface area contributed by atoms with E-state index in [0.717, 1.165) is 12.1 Å². The molecule has 14 heavy (non-hydrogen) atoms. The van der Waals surface area contributed by atoms with Crippen molar-refractivity contribution in [2.24, 2.45) is 0 Å². The van der Waals surface area contributed by atoms with E-state index in [1.165, 1.54) is 0 Å². The molecule has 4 nitrogen and oxygen atoms in total. The van der Waals surface area contributed by atoms with E-state index in [1.54, 1.807) is 17.4 Å². The van der Waals surface area contributed by atoms with Gasteiger partial charge in [0, 0.05) is 20.3 Å². The number of hydrogen-bond acceptors (Lipinski definition) is 4. The van der Waals surface area contributed by atoms with Crippen molar-refractivity contribution in [1.29, 1.82) is 5.26 Å². The second-order valence-corrected chi connectivity index (χ2v) is 3.12. The molecule has 1 aromatic heterocycles. The van der Waals surface area contributed by atoms with Gasteiger partial charge in [-0.2, -0.15) is 5.26 Å². The van der Waals surface area contributed by atoms with Crippen LogP contribution < -0.4 is 0 Å². The van der Waals surface area contributed by atoms with Crippen LogP contribution in [0.5, 0.6) is 0 Å². The minimum Gasteiger partial charge on any atom is -0.444 e. The molecular formula is C10H13N3O. The van der Waals surface area contributed by atoms with Gasteiger partial charge in [0.2, 0.25) is 5.89 Å². The Bertz CT molecular complexity index is 371. The maximum Gasteiger partial charge on any atom is 0.238 e. The fourth-order valence-corrected chi connectivity index (χ4v) is 0.983. The van der Waals surface area contributed by atoms with Crippen molar-refractivity contribution < 1.29 is 4.42 Å². The number of hydrogen-bond donors (Lipinski definition) is 0. The second kappa shape index (κ2) is 4.47. The fourth-order valence-electron chi connectivity index (χ4n) is 0.983. The van der Waals surface area contributed by atoms with Crippen molar-refractivity contribution in [3.05, 3.63) is 24.0 Å². The summed E-state index contributed by atoms with van der Waals surface area (Å²) in [6.45, 7) is 1.99. The van der Waals surface area contributed by atoms with E-state index in [9.17, 15) is 0 Å². The van der Waals surface area contributed by atoms with Gasteiger partial charge in [0.25, 0.3) is 0 Å².